The first-order valence-electron chi connectivity index (χ1n) is 5.67. The lowest BCUT2D eigenvalue weighted by Gasteiger charge is -2.27. The van der Waals surface area contributed by atoms with E-state index in [9.17, 15) is 0 Å². The quantitative estimate of drug-likeness (QED) is 0.626. The van der Waals surface area contributed by atoms with E-state index in [0.717, 1.165) is 32.0 Å². The lowest BCUT2D eigenvalue weighted by Crippen LogP contribution is -2.30. The zero-order chi connectivity index (χ0) is 10.2. The average molecular weight is 199 g/mol. The molecule has 1 unspecified atom stereocenters. The molecule has 1 aliphatic rings. The van der Waals surface area contributed by atoms with Gasteiger partial charge >= 0.3 is 0 Å². The van der Waals surface area contributed by atoms with Gasteiger partial charge in [-0.2, -0.15) is 0 Å². The third-order valence-corrected chi connectivity index (χ3v) is 2.90. The van der Waals surface area contributed by atoms with Crippen LogP contribution in [-0.4, -0.2) is 32.8 Å². The Morgan fingerprint density at radius 2 is 2.07 bits per heavy atom. The number of rotatable bonds is 6. The number of hydrogen-bond acceptors (Lipinski definition) is 3. The van der Waals surface area contributed by atoms with Gasteiger partial charge in [-0.3, -0.25) is 0 Å². The molecule has 0 aliphatic carbocycles. The molecule has 1 heterocycles. The molecule has 3 N–H and O–H groups in total. The van der Waals surface area contributed by atoms with Crippen LogP contribution in [0.5, 0.6) is 0 Å². The van der Waals surface area contributed by atoms with Crippen molar-refractivity contribution in [3.8, 4) is 0 Å². The molecule has 0 aromatic rings. The molecule has 83 valence electrons. The number of nitrogens with two attached hydrogens (primary N) is 1. The first-order chi connectivity index (χ1) is 6.84. The van der Waals surface area contributed by atoms with Crippen LogP contribution in [0.1, 0.15) is 26.2 Å². The zero-order valence-electron chi connectivity index (χ0n) is 9.22. The van der Waals surface area contributed by atoms with Crippen LogP contribution in [0.4, 0.5) is 0 Å². The van der Waals surface area contributed by atoms with Crippen molar-refractivity contribution in [3.63, 3.8) is 0 Å². The van der Waals surface area contributed by atoms with E-state index in [1.54, 1.807) is 5.92 Å². The van der Waals surface area contributed by atoms with Gasteiger partial charge in [0, 0.05) is 13.2 Å². The van der Waals surface area contributed by atoms with Crippen molar-refractivity contribution in [2.24, 2.45) is 11.7 Å². The summed E-state index contributed by atoms with van der Waals surface area (Å²) in [5, 5.41) is 3.38. The zero-order valence-corrected chi connectivity index (χ0v) is 9.22. The third kappa shape index (κ3) is 4.40. The van der Waals surface area contributed by atoms with Crippen molar-refractivity contribution in [2.75, 3.05) is 32.8 Å². The van der Waals surface area contributed by atoms with Crippen molar-refractivity contribution in [2.45, 2.75) is 26.2 Å². The lowest BCUT2D eigenvalue weighted by atomic mass is 9.84. The molecule has 0 spiro atoms. The highest BCUT2D eigenvalue weighted by Gasteiger charge is 2.19. The van der Waals surface area contributed by atoms with Gasteiger partial charge < -0.3 is 15.8 Å². The Hall–Kier alpha value is -0.120. The summed E-state index contributed by atoms with van der Waals surface area (Å²) in [7, 11) is 0. The van der Waals surface area contributed by atoms with E-state index in [-0.39, 0.29) is 0 Å². The van der Waals surface area contributed by atoms with E-state index in [1.807, 2.05) is 0 Å². The monoisotopic (exact) mass is 199 g/mol. The Morgan fingerprint density at radius 3 is 2.71 bits per heavy atom. The Bertz CT molecular complexity index is 135. The van der Waals surface area contributed by atoms with Crippen molar-refractivity contribution in [3.05, 3.63) is 5.92 Å². The van der Waals surface area contributed by atoms with Gasteiger partial charge in [0.25, 0.3) is 0 Å². The van der Waals surface area contributed by atoms with Gasteiger partial charge in [-0.1, -0.05) is 6.92 Å². The number of ether oxygens (including phenoxy) is 1. The number of piperidine rings is 1. The molecule has 1 radical (unpaired) electrons. The van der Waals surface area contributed by atoms with E-state index in [1.165, 1.54) is 12.8 Å². The van der Waals surface area contributed by atoms with Gasteiger partial charge in [-0.05, 0) is 44.2 Å². The second kappa shape index (κ2) is 7.21. The van der Waals surface area contributed by atoms with Crippen LogP contribution < -0.4 is 11.1 Å². The SMILES string of the molecule is CC(CCOCCN)[C]1CCNCC1. The molecule has 1 aliphatic heterocycles. The first kappa shape index (κ1) is 12.0. The summed E-state index contributed by atoms with van der Waals surface area (Å²) in [5.41, 5.74) is 5.35. The maximum absolute atomic E-state index is 5.39. The Morgan fingerprint density at radius 1 is 1.36 bits per heavy atom. The normalized spacial score (nSPS) is 21.0. The molecule has 0 bridgehead atoms. The van der Waals surface area contributed by atoms with E-state index < -0.39 is 0 Å². The molecule has 1 saturated heterocycles. The smallest absolute Gasteiger partial charge is 0.0588 e. The fraction of sp³-hybridized carbons (Fsp3) is 0.909. The second-order valence-corrected chi connectivity index (χ2v) is 4.00. The largest absolute Gasteiger partial charge is 0.380 e. The fourth-order valence-electron chi connectivity index (χ4n) is 1.89. The highest BCUT2D eigenvalue weighted by molar-refractivity contribution is 4.98. The number of nitrogens with one attached hydrogen (secondary N) is 1. The summed E-state index contributed by atoms with van der Waals surface area (Å²) < 4.78 is 5.39. The molecule has 1 fully saturated rings. The lowest BCUT2D eigenvalue weighted by molar-refractivity contribution is 0.128. The van der Waals surface area contributed by atoms with Crippen LogP contribution in [0.15, 0.2) is 0 Å². The van der Waals surface area contributed by atoms with E-state index in [4.69, 9.17) is 10.5 Å². The minimum absolute atomic E-state index is 0.634. The maximum atomic E-state index is 5.39. The van der Waals surface area contributed by atoms with Gasteiger partial charge in [0.1, 0.15) is 0 Å². The van der Waals surface area contributed by atoms with Crippen LogP contribution in [0.25, 0.3) is 0 Å². The summed E-state index contributed by atoms with van der Waals surface area (Å²) in [6.07, 6.45) is 3.64. The minimum Gasteiger partial charge on any atom is -0.380 e. The van der Waals surface area contributed by atoms with E-state index in [0.29, 0.717) is 13.2 Å². The van der Waals surface area contributed by atoms with Gasteiger partial charge in [0.2, 0.25) is 0 Å². The highest BCUT2D eigenvalue weighted by atomic mass is 16.5. The standard InChI is InChI=1S/C11H23N2O/c1-10(4-8-14-9-5-12)11-2-6-13-7-3-11/h10,13H,2-9,12H2,1H3. The third-order valence-electron chi connectivity index (χ3n) is 2.90. The van der Waals surface area contributed by atoms with Crippen LogP contribution in [0.3, 0.4) is 0 Å². The Labute approximate surface area is 87.4 Å². The van der Waals surface area contributed by atoms with E-state index >= 15 is 0 Å². The van der Waals surface area contributed by atoms with Crippen molar-refractivity contribution >= 4 is 0 Å². The summed E-state index contributed by atoms with van der Waals surface area (Å²) >= 11 is 0. The molecule has 0 aromatic heterocycles. The van der Waals surface area contributed by atoms with Gasteiger partial charge in [-0.15, -0.1) is 0 Å². The van der Waals surface area contributed by atoms with Crippen molar-refractivity contribution in [1.82, 2.24) is 5.32 Å². The fourth-order valence-corrected chi connectivity index (χ4v) is 1.89. The molecule has 3 heteroatoms. The average Bonchev–Trinajstić information content (AvgIpc) is 2.25. The van der Waals surface area contributed by atoms with Crippen LogP contribution in [-0.2, 0) is 4.74 Å². The Balaban J connectivity index is 2.04. The molecule has 14 heavy (non-hydrogen) atoms. The summed E-state index contributed by atoms with van der Waals surface area (Å²) in [6, 6.07) is 0. The van der Waals surface area contributed by atoms with Crippen LogP contribution in [0, 0.1) is 11.8 Å². The molecule has 3 nitrogen and oxygen atoms in total. The molecule has 0 amide bonds. The first-order valence-corrected chi connectivity index (χ1v) is 5.67. The molecular weight excluding hydrogens is 176 g/mol. The minimum atomic E-state index is 0.634. The van der Waals surface area contributed by atoms with Gasteiger partial charge in [-0.25, -0.2) is 0 Å². The summed E-state index contributed by atoms with van der Waals surface area (Å²) in [5.74, 6) is 2.43. The molecule has 0 saturated carbocycles. The predicted molar refractivity (Wildman–Crippen MR) is 59.0 cm³/mol. The van der Waals surface area contributed by atoms with E-state index in [2.05, 4.69) is 12.2 Å². The second-order valence-electron chi connectivity index (χ2n) is 4.00. The molecule has 1 atom stereocenters. The predicted octanol–water partition coefficient (Wildman–Crippen LogP) is 0.946. The molecule has 0 aromatic carbocycles. The van der Waals surface area contributed by atoms with Crippen LogP contribution in [0.2, 0.25) is 0 Å². The van der Waals surface area contributed by atoms with Crippen LogP contribution >= 0.6 is 0 Å². The molecule has 1 rings (SSSR count). The maximum Gasteiger partial charge on any atom is 0.0588 e. The van der Waals surface area contributed by atoms with Crippen molar-refractivity contribution < 1.29 is 4.74 Å². The van der Waals surface area contributed by atoms with Gasteiger partial charge in [0.15, 0.2) is 0 Å². The Kier molecular flexibility index (Phi) is 6.15. The molecular formula is C11H23N2O. The topological polar surface area (TPSA) is 47.3 Å². The summed E-state index contributed by atoms with van der Waals surface area (Å²) in [6.45, 7) is 6.81. The van der Waals surface area contributed by atoms with Crippen molar-refractivity contribution in [1.29, 1.82) is 0 Å². The summed E-state index contributed by atoms with van der Waals surface area (Å²) in [4.78, 5) is 0. The van der Waals surface area contributed by atoms with Gasteiger partial charge in [0.05, 0.1) is 6.61 Å². The number of hydrogen-bond donors (Lipinski definition) is 2. The highest BCUT2D eigenvalue weighted by Crippen LogP contribution is 2.26.